The van der Waals surface area contributed by atoms with Crippen LogP contribution in [0.2, 0.25) is 0 Å². The van der Waals surface area contributed by atoms with Crippen LogP contribution < -0.4 is 15.8 Å². The number of nitrogens with zero attached hydrogens (tertiary/aromatic N) is 3. The van der Waals surface area contributed by atoms with Crippen LogP contribution in [0.15, 0.2) is 17.2 Å². The molecule has 0 radical (unpaired) electrons. The molecule has 96 valence electrons. The molecule has 1 aromatic heterocycles. The molecule has 0 aliphatic rings. The van der Waals surface area contributed by atoms with Gasteiger partial charge in [-0.15, -0.1) is 0 Å². The standard InChI is InChI=1S/C12H22N4O/c1-12(2,3)16-9-7-14-10(11(16)17)15(5)8-6-13-4/h7,9,13H,6,8H2,1-5H3. The second kappa shape index (κ2) is 5.31. The van der Waals surface area contributed by atoms with E-state index in [9.17, 15) is 4.79 Å². The molecule has 0 bridgehead atoms. The molecule has 0 amide bonds. The van der Waals surface area contributed by atoms with Crippen LogP contribution in [0.3, 0.4) is 0 Å². The summed E-state index contributed by atoms with van der Waals surface area (Å²) in [5.41, 5.74) is -0.267. The van der Waals surface area contributed by atoms with E-state index < -0.39 is 0 Å². The minimum Gasteiger partial charge on any atom is -0.354 e. The monoisotopic (exact) mass is 238 g/mol. The van der Waals surface area contributed by atoms with Gasteiger partial charge in [-0.2, -0.15) is 0 Å². The summed E-state index contributed by atoms with van der Waals surface area (Å²) in [6, 6.07) is 0. The van der Waals surface area contributed by atoms with Gasteiger partial charge in [0.25, 0.3) is 5.56 Å². The Bertz CT molecular complexity index is 419. The Labute approximate surface area is 102 Å². The van der Waals surface area contributed by atoms with Gasteiger partial charge in [0.05, 0.1) is 0 Å². The first-order chi connectivity index (χ1) is 7.88. The fourth-order valence-corrected chi connectivity index (χ4v) is 1.58. The van der Waals surface area contributed by atoms with Crippen LogP contribution in [0.1, 0.15) is 20.8 Å². The van der Waals surface area contributed by atoms with Gasteiger partial charge < -0.3 is 14.8 Å². The second-order valence-corrected chi connectivity index (χ2v) is 5.12. The van der Waals surface area contributed by atoms with Crippen molar-refractivity contribution in [2.24, 2.45) is 0 Å². The number of anilines is 1. The molecule has 0 aliphatic carbocycles. The fourth-order valence-electron chi connectivity index (χ4n) is 1.58. The quantitative estimate of drug-likeness (QED) is 0.837. The average molecular weight is 238 g/mol. The van der Waals surface area contributed by atoms with E-state index in [1.165, 1.54) is 0 Å². The first kappa shape index (κ1) is 13.7. The molecule has 1 aromatic rings. The van der Waals surface area contributed by atoms with Crippen molar-refractivity contribution >= 4 is 5.82 Å². The van der Waals surface area contributed by atoms with E-state index in [0.717, 1.165) is 13.1 Å². The maximum atomic E-state index is 12.3. The SMILES string of the molecule is CNCCN(C)c1nccn(C(C)(C)C)c1=O. The first-order valence-electron chi connectivity index (χ1n) is 5.82. The van der Waals surface area contributed by atoms with Gasteiger partial charge in [0, 0.05) is 38.1 Å². The number of rotatable bonds is 4. The Morgan fingerprint density at radius 3 is 2.65 bits per heavy atom. The molecule has 0 fully saturated rings. The summed E-state index contributed by atoms with van der Waals surface area (Å²) in [5.74, 6) is 0.498. The molecule has 0 spiro atoms. The van der Waals surface area contributed by atoms with Crippen molar-refractivity contribution in [1.82, 2.24) is 14.9 Å². The van der Waals surface area contributed by atoms with Crippen molar-refractivity contribution in [3.63, 3.8) is 0 Å². The Kier molecular flexibility index (Phi) is 4.28. The minimum atomic E-state index is -0.224. The van der Waals surface area contributed by atoms with Crippen molar-refractivity contribution in [2.45, 2.75) is 26.3 Å². The highest BCUT2D eigenvalue weighted by Crippen LogP contribution is 2.11. The van der Waals surface area contributed by atoms with Crippen LogP contribution in [-0.4, -0.2) is 36.7 Å². The summed E-state index contributed by atoms with van der Waals surface area (Å²) in [4.78, 5) is 18.3. The number of aromatic nitrogens is 2. The molecule has 1 N–H and O–H groups in total. The van der Waals surface area contributed by atoms with Gasteiger partial charge in [-0.1, -0.05) is 0 Å². The molecule has 1 heterocycles. The highest BCUT2D eigenvalue weighted by molar-refractivity contribution is 5.34. The van der Waals surface area contributed by atoms with Gasteiger partial charge in [-0.05, 0) is 27.8 Å². The van der Waals surface area contributed by atoms with Gasteiger partial charge in [-0.3, -0.25) is 4.79 Å². The van der Waals surface area contributed by atoms with Crippen molar-refractivity contribution in [1.29, 1.82) is 0 Å². The van der Waals surface area contributed by atoms with Crippen molar-refractivity contribution in [2.75, 3.05) is 32.1 Å². The molecule has 1 rings (SSSR count). The largest absolute Gasteiger partial charge is 0.354 e. The lowest BCUT2D eigenvalue weighted by Crippen LogP contribution is -2.39. The molecule has 5 heteroatoms. The number of hydrogen-bond donors (Lipinski definition) is 1. The summed E-state index contributed by atoms with van der Waals surface area (Å²) in [6.07, 6.45) is 3.41. The van der Waals surface area contributed by atoms with E-state index in [4.69, 9.17) is 0 Å². The zero-order valence-electron chi connectivity index (χ0n) is 11.3. The smallest absolute Gasteiger partial charge is 0.293 e. The summed E-state index contributed by atoms with van der Waals surface area (Å²) in [6.45, 7) is 7.60. The van der Waals surface area contributed by atoms with Crippen LogP contribution >= 0.6 is 0 Å². The van der Waals surface area contributed by atoms with E-state index >= 15 is 0 Å². The molecular formula is C12H22N4O. The normalized spacial score (nSPS) is 11.6. The van der Waals surface area contributed by atoms with Crippen molar-refractivity contribution < 1.29 is 0 Å². The molecule has 0 aromatic carbocycles. The third-order valence-corrected chi connectivity index (χ3v) is 2.60. The molecule has 0 saturated heterocycles. The van der Waals surface area contributed by atoms with Crippen LogP contribution in [0.25, 0.3) is 0 Å². The lowest BCUT2D eigenvalue weighted by atomic mass is 10.1. The molecule has 17 heavy (non-hydrogen) atoms. The molecule has 0 aliphatic heterocycles. The maximum Gasteiger partial charge on any atom is 0.293 e. The topological polar surface area (TPSA) is 50.2 Å². The van der Waals surface area contributed by atoms with Gasteiger partial charge in [0.1, 0.15) is 0 Å². The van der Waals surface area contributed by atoms with Crippen LogP contribution in [-0.2, 0) is 5.54 Å². The van der Waals surface area contributed by atoms with Crippen molar-refractivity contribution in [3.8, 4) is 0 Å². The number of likely N-dealkylation sites (N-methyl/N-ethyl adjacent to an activating group) is 2. The Hall–Kier alpha value is -1.36. The number of hydrogen-bond acceptors (Lipinski definition) is 4. The Morgan fingerprint density at radius 2 is 2.12 bits per heavy atom. The summed E-state index contributed by atoms with van der Waals surface area (Å²) >= 11 is 0. The van der Waals surface area contributed by atoms with Gasteiger partial charge in [0.15, 0.2) is 5.82 Å². The van der Waals surface area contributed by atoms with E-state index in [-0.39, 0.29) is 11.1 Å². The third-order valence-electron chi connectivity index (χ3n) is 2.60. The van der Waals surface area contributed by atoms with E-state index in [2.05, 4.69) is 10.3 Å². The highest BCUT2D eigenvalue weighted by atomic mass is 16.1. The predicted octanol–water partition coefficient (Wildman–Crippen LogP) is 0.654. The second-order valence-electron chi connectivity index (χ2n) is 5.12. The summed E-state index contributed by atoms with van der Waals surface area (Å²) < 4.78 is 1.71. The fraction of sp³-hybridized carbons (Fsp3) is 0.667. The predicted molar refractivity (Wildman–Crippen MR) is 70.7 cm³/mol. The Morgan fingerprint density at radius 1 is 1.47 bits per heavy atom. The molecule has 0 saturated carbocycles. The third kappa shape index (κ3) is 3.30. The average Bonchev–Trinajstić information content (AvgIpc) is 2.24. The van der Waals surface area contributed by atoms with Crippen LogP contribution in [0.5, 0.6) is 0 Å². The van der Waals surface area contributed by atoms with Crippen LogP contribution in [0, 0.1) is 0 Å². The van der Waals surface area contributed by atoms with E-state index in [0.29, 0.717) is 5.82 Å². The Balaban J connectivity index is 3.07. The first-order valence-corrected chi connectivity index (χ1v) is 5.82. The van der Waals surface area contributed by atoms with Gasteiger partial charge >= 0.3 is 0 Å². The van der Waals surface area contributed by atoms with Gasteiger partial charge in [-0.25, -0.2) is 4.98 Å². The lowest BCUT2D eigenvalue weighted by Gasteiger charge is -2.24. The number of nitrogens with one attached hydrogen (secondary N) is 1. The lowest BCUT2D eigenvalue weighted by molar-refractivity contribution is 0.382. The molecule has 0 unspecified atom stereocenters. The maximum absolute atomic E-state index is 12.3. The minimum absolute atomic E-state index is 0.0430. The van der Waals surface area contributed by atoms with Crippen LogP contribution in [0.4, 0.5) is 5.82 Å². The molecule has 5 nitrogen and oxygen atoms in total. The summed E-state index contributed by atoms with van der Waals surface area (Å²) in [7, 11) is 3.77. The van der Waals surface area contributed by atoms with Gasteiger partial charge in [0.2, 0.25) is 0 Å². The van der Waals surface area contributed by atoms with E-state index in [1.807, 2.05) is 39.8 Å². The zero-order valence-corrected chi connectivity index (χ0v) is 11.3. The van der Waals surface area contributed by atoms with Crippen molar-refractivity contribution in [3.05, 3.63) is 22.7 Å². The van der Waals surface area contributed by atoms with E-state index in [1.54, 1.807) is 17.0 Å². The molecule has 0 atom stereocenters. The summed E-state index contributed by atoms with van der Waals surface area (Å²) in [5, 5.41) is 3.05. The highest BCUT2D eigenvalue weighted by Gasteiger charge is 2.18. The molecular weight excluding hydrogens is 216 g/mol. The zero-order chi connectivity index (χ0) is 13.1.